The standard InChI is InChI=1S/C26H23ClFN5O/c1-2-23(34)31-21-15-18-22(14-17(21)6-7-26-8-11-33(12-9-26)13-10-26)29-16-30-25(18)32-20-5-3-4-19(27)24(20)28/h2-5,14-16H,1,8-13H2,(H,31,34)(H,29,30,32). The highest BCUT2D eigenvalue weighted by Gasteiger charge is 2.37. The average molecular weight is 476 g/mol. The van der Waals surface area contributed by atoms with Crippen molar-refractivity contribution in [2.45, 2.75) is 19.3 Å². The summed E-state index contributed by atoms with van der Waals surface area (Å²) in [6, 6.07) is 8.28. The third kappa shape index (κ3) is 4.35. The van der Waals surface area contributed by atoms with Crippen LogP contribution in [-0.2, 0) is 4.79 Å². The zero-order chi connectivity index (χ0) is 23.7. The maximum absolute atomic E-state index is 14.5. The number of aromatic nitrogens is 2. The highest BCUT2D eigenvalue weighted by atomic mass is 35.5. The number of benzene rings is 2. The van der Waals surface area contributed by atoms with Crippen molar-refractivity contribution in [3.63, 3.8) is 0 Å². The summed E-state index contributed by atoms with van der Waals surface area (Å²) in [5.74, 6) is 6.32. The van der Waals surface area contributed by atoms with Crippen LogP contribution in [0.5, 0.6) is 0 Å². The quantitative estimate of drug-likeness (QED) is 0.404. The molecule has 2 aromatic carbocycles. The molecule has 0 radical (unpaired) electrons. The molecule has 3 aliphatic heterocycles. The number of nitrogens with one attached hydrogen (secondary N) is 2. The largest absolute Gasteiger partial charge is 0.337 e. The van der Waals surface area contributed by atoms with Gasteiger partial charge in [0, 0.05) is 10.8 Å². The number of hydrogen-bond donors (Lipinski definition) is 2. The molecule has 8 heteroatoms. The first-order chi connectivity index (χ1) is 16.5. The minimum absolute atomic E-state index is 0.00720. The molecule has 6 rings (SSSR count). The molecule has 0 unspecified atom stereocenters. The van der Waals surface area contributed by atoms with Crippen molar-refractivity contribution in [1.82, 2.24) is 14.9 Å². The normalized spacial score (nSPS) is 20.9. The molecule has 172 valence electrons. The Bertz CT molecular complexity index is 1340. The number of rotatable bonds is 4. The number of carbonyl (C=O) groups is 1. The Morgan fingerprint density at radius 1 is 1.18 bits per heavy atom. The second-order valence-electron chi connectivity index (χ2n) is 8.68. The molecular formula is C26H23ClFN5O. The first-order valence-electron chi connectivity index (χ1n) is 11.2. The van der Waals surface area contributed by atoms with E-state index in [0.717, 1.165) is 38.9 Å². The summed E-state index contributed by atoms with van der Waals surface area (Å²) in [5, 5.41) is 6.45. The van der Waals surface area contributed by atoms with Crippen molar-refractivity contribution in [1.29, 1.82) is 0 Å². The van der Waals surface area contributed by atoms with E-state index in [9.17, 15) is 9.18 Å². The third-order valence-electron chi connectivity index (χ3n) is 6.60. The van der Waals surface area contributed by atoms with Gasteiger partial charge in [0.15, 0.2) is 5.82 Å². The van der Waals surface area contributed by atoms with Crippen LogP contribution in [0.1, 0.15) is 24.8 Å². The van der Waals surface area contributed by atoms with Gasteiger partial charge in [-0.2, -0.15) is 0 Å². The van der Waals surface area contributed by atoms with Crippen LogP contribution in [0.25, 0.3) is 10.9 Å². The number of carbonyl (C=O) groups excluding carboxylic acids is 1. The van der Waals surface area contributed by atoms with E-state index in [4.69, 9.17) is 11.6 Å². The second kappa shape index (κ2) is 9.05. The predicted molar refractivity (Wildman–Crippen MR) is 133 cm³/mol. The Labute approximate surface area is 202 Å². The number of hydrogen-bond acceptors (Lipinski definition) is 5. The van der Waals surface area contributed by atoms with E-state index < -0.39 is 5.82 Å². The summed E-state index contributed by atoms with van der Waals surface area (Å²) in [6.07, 6.45) is 5.79. The molecule has 3 saturated heterocycles. The Kier molecular flexibility index (Phi) is 5.94. The number of fused-ring (bicyclic) bond motifs is 4. The first-order valence-corrected chi connectivity index (χ1v) is 11.5. The molecule has 0 spiro atoms. The molecule has 2 N–H and O–H groups in total. The lowest BCUT2D eigenvalue weighted by Gasteiger charge is -2.45. The van der Waals surface area contributed by atoms with Crippen molar-refractivity contribution < 1.29 is 9.18 Å². The Morgan fingerprint density at radius 2 is 1.94 bits per heavy atom. The first kappa shape index (κ1) is 22.3. The van der Waals surface area contributed by atoms with Gasteiger partial charge < -0.3 is 15.5 Å². The predicted octanol–water partition coefficient (Wildman–Crippen LogP) is 5.13. The highest BCUT2D eigenvalue weighted by molar-refractivity contribution is 6.31. The fraction of sp³-hybridized carbons (Fsp3) is 0.269. The lowest BCUT2D eigenvalue weighted by molar-refractivity contribution is -0.111. The smallest absolute Gasteiger partial charge is 0.247 e. The zero-order valence-corrected chi connectivity index (χ0v) is 19.3. The van der Waals surface area contributed by atoms with Crippen molar-refractivity contribution >= 4 is 45.6 Å². The molecule has 0 atom stereocenters. The van der Waals surface area contributed by atoms with Crippen molar-refractivity contribution in [2.75, 3.05) is 30.3 Å². The fourth-order valence-electron chi connectivity index (χ4n) is 4.54. The summed E-state index contributed by atoms with van der Waals surface area (Å²) in [6.45, 7) is 6.78. The van der Waals surface area contributed by atoms with E-state index in [0.29, 0.717) is 28.0 Å². The second-order valence-corrected chi connectivity index (χ2v) is 9.09. The van der Waals surface area contributed by atoms with E-state index in [1.54, 1.807) is 18.2 Å². The van der Waals surface area contributed by atoms with Gasteiger partial charge in [-0.1, -0.05) is 36.1 Å². The van der Waals surface area contributed by atoms with Gasteiger partial charge in [0.25, 0.3) is 0 Å². The van der Waals surface area contributed by atoms with Crippen LogP contribution in [-0.4, -0.2) is 40.4 Å². The molecule has 3 aliphatic rings. The summed E-state index contributed by atoms with van der Waals surface area (Å²) in [7, 11) is 0. The summed E-state index contributed by atoms with van der Waals surface area (Å²) < 4.78 is 14.5. The van der Waals surface area contributed by atoms with Crippen LogP contribution in [0, 0.1) is 23.1 Å². The summed E-state index contributed by atoms with van der Waals surface area (Å²) >= 11 is 5.92. The van der Waals surface area contributed by atoms with Gasteiger partial charge in [-0.05, 0) is 69.2 Å². The lowest BCUT2D eigenvalue weighted by Crippen LogP contribution is -2.47. The minimum Gasteiger partial charge on any atom is -0.337 e. The highest BCUT2D eigenvalue weighted by Crippen LogP contribution is 2.39. The van der Waals surface area contributed by atoms with Crippen LogP contribution < -0.4 is 10.6 Å². The Balaban J connectivity index is 1.57. The fourth-order valence-corrected chi connectivity index (χ4v) is 4.71. The van der Waals surface area contributed by atoms with Gasteiger partial charge in [0.1, 0.15) is 12.1 Å². The van der Waals surface area contributed by atoms with Crippen molar-refractivity contribution in [2.24, 2.45) is 5.41 Å². The lowest BCUT2D eigenvalue weighted by atomic mass is 9.72. The van der Waals surface area contributed by atoms with Crippen LogP contribution in [0.3, 0.4) is 0 Å². The average Bonchev–Trinajstić information content (AvgIpc) is 2.87. The summed E-state index contributed by atoms with van der Waals surface area (Å²) in [5.41, 5.74) is 2.03. The van der Waals surface area contributed by atoms with Gasteiger partial charge in [0.2, 0.25) is 5.91 Å². The molecular weight excluding hydrogens is 453 g/mol. The molecule has 1 aromatic heterocycles. The maximum atomic E-state index is 14.5. The Morgan fingerprint density at radius 3 is 2.68 bits per heavy atom. The molecule has 3 aromatic rings. The molecule has 34 heavy (non-hydrogen) atoms. The van der Waals surface area contributed by atoms with Gasteiger partial charge in [0.05, 0.1) is 27.5 Å². The SMILES string of the molecule is C=CC(=O)Nc1cc2c(Nc3cccc(Cl)c3F)ncnc2cc1C#CC12CCN(CC1)CC2. The van der Waals surface area contributed by atoms with Crippen LogP contribution in [0.4, 0.5) is 21.6 Å². The summed E-state index contributed by atoms with van der Waals surface area (Å²) in [4.78, 5) is 23.3. The number of anilines is 3. The van der Waals surface area contributed by atoms with E-state index in [1.165, 1.54) is 18.5 Å². The number of piperidine rings is 3. The van der Waals surface area contributed by atoms with Gasteiger partial charge in [-0.3, -0.25) is 4.79 Å². The molecule has 1 amide bonds. The van der Waals surface area contributed by atoms with E-state index >= 15 is 0 Å². The minimum atomic E-state index is -0.573. The van der Waals surface area contributed by atoms with Crippen LogP contribution in [0.2, 0.25) is 5.02 Å². The Hall–Kier alpha value is -3.47. The van der Waals surface area contributed by atoms with Crippen molar-refractivity contribution in [3.05, 3.63) is 65.7 Å². The molecule has 0 saturated carbocycles. The van der Waals surface area contributed by atoms with Gasteiger partial charge >= 0.3 is 0 Å². The molecule has 6 nitrogen and oxygen atoms in total. The van der Waals surface area contributed by atoms with Gasteiger partial charge in [-0.15, -0.1) is 0 Å². The van der Waals surface area contributed by atoms with Gasteiger partial charge in [-0.25, -0.2) is 14.4 Å². The van der Waals surface area contributed by atoms with E-state index in [-0.39, 0.29) is 22.0 Å². The number of nitrogens with zero attached hydrogens (tertiary/aromatic N) is 3. The van der Waals surface area contributed by atoms with Crippen LogP contribution >= 0.6 is 11.6 Å². The zero-order valence-electron chi connectivity index (χ0n) is 18.5. The number of amides is 1. The third-order valence-corrected chi connectivity index (χ3v) is 6.90. The molecule has 4 heterocycles. The number of halogens is 2. The monoisotopic (exact) mass is 475 g/mol. The van der Waals surface area contributed by atoms with Crippen molar-refractivity contribution in [3.8, 4) is 11.8 Å². The van der Waals surface area contributed by atoms with E-state index in [1.807, 2.05) is 6.07 Å². The maximum Gasteiger partial charge on any atom is 0.247 e. The molecule has 0 aliphatic carbocycles. The van der Waals surface area contributed by atoms with E-state index in [2.05, 4.69) is 43.9 Å². The molecule has 3 fully saturated rings. The molecule has 2 bridgehead atoms. The topological polar surface area (TPSA) is 70.1 Å². The van der Waals surface area contributed by atoms with Crippen LogP contribution in [0.15, 0.2) is 49.3 Å².